The third-order valence-electron chi connectivity index (χ3n) is 6.32. The Labute approximate surface area is 202 Å². The Kier molecular flexibility index (Phi) is 6.65. The molecule has 10 nitrogen and oxygen atoms in total. The lowest BCUT2D eigenvalue weighted by atomic mass is 10.1. The number of carbonyl (C=O) groups is 2. The van der Waals surface area contributed by atoms with Crippen LogP contribution in [-0.4, -0.2) is 64.7 Å². The van der Waals surface area contributed by atoms with E-state index in [1.165, 1.54) is 22.8 Å². The highest BCUT2D eigenvalue weighted by atomic mass is 19.1. The third-order valence-corrected chi connectivity index (χ3v) is 6.32. The van der Waals surface area contributed by atoms with Crippen molar-refractivity contribution in [3.63, 3.8) is 0 Å². The fourth-order valence-corrected chi connectivity index (χ4v) is 4.67. The molecule has 2 aromatic rings. The number of anilines is 1. The minimum absolute atomic E-state index is 0.0632. The standard InChI is InChI=1S/C24H30FN5O5/c1-24(2)23-27-19(20(32)22(34)29(23)9-10-35-24)21(33)26-12-14-5-6-15(25)11-17(14)30-16(13-28(3)4)7-8-18(30)31/h5-6,11,16,32H,7-10,12-13H2,1-4H3,(H,26,33)/t16-/m1/s1. The first-order valence-corrected chi connectivity index (χ1v) is 11.5. The first kappa shape index (κ1) is 24.8. The molecular formula is C24H30FN5O5. The van der Waals surface area contributed by atoms with Gasteiger partial charge in [-0.15, -0.1) is 0 Å². The molecule has 0 bridgehead atoms. The van der Waals surface area contributed by atoms with Crippen LogP contribution in [0.25, 0.3) is 0 Å². The topological polar surface area (TPSA) is 117 Å². The van der Waals surface area contributed by atoms with Gasteiger partial charge in [-0.3, -0.25) is 19.0 Å². The Morgan fingerprint density at radius 3 is 2.80 bits per heavy atom. The van der Waals surface area contributed by atoms with Crippen molar-refractivity contribution in [3.05, 3.63) is 51.5 Å². The summed E-state index contributed by atoms with van der Waals surface area (Å²) in [7, 11) is 3.81. The number of hydrogen-bond acceptors (Lipinski definition) is 7. The Balaban J connectivity index is 1.62. The maximum atomic E-state index is 14.2. The molecule has 0 aliphatic carbocycles. The molecule has 0 radical (unpaired) electrons. The number of ether oxygens (including phenoxy) is 1. The van der Waals surface area contributed by atoms with Crippen LogP contribution in [0.2, 0.25) is 0 Å². The van der Waals surface area contributed by atoms with E-state index in [1.807, 2.05) is 19.0 Å². The number of halogens is 1. The van der Waals surface area contributed by atoms with E-state index in [9.17, 15) is 23.9 Å². The van der Waals surface area contributed by atoms with Gasteiger partial charge in [-0.1, -0.05) is 6.07 Å². The van der Waals surface area contributed by atoms with E-state index in [-0.39, 0.29) is 37.5 Å². The number of aromatic hydroxyl groups is 1. The summed E-state index contributed by atoms with van der Waals surface area (Å²) in [6.45, 7) is 4.51. The van der Waals surface area contributed by atoms with Gasteiger partial charge in [0.05, 0.1) is 24.9 Å². The van der Waals surface area contributed by atoms with Crippen LogP contribution in [0.5, 0.6) is 5.75 Å². The molecule has 4 rings (SSSR count). The van der Waals surface area contributed by atoms with Crippen LogP contribution in [0.3, 0.4) is 0 Å². The van der Waals surface area contributed by atoms with Crippen molar-refractivity contribution in [2.45, 2.75) is 51.4 Å². The summed E-state index contributed by atoms with van der Waals surface area (Å²) >= 11 is 0. The Morgan fingerprint density at radius 2 is 2.09 bits per heavy atom. The highest BCUT2D eigenvalue weighted by Crippen LogP contribution is 2.31. The van der Waals surface area contributed by atoms with Gasteiger partial charge in [-0.05, 0) is 52.1 Å². The van der Waals surface area contributed by atoms with Crippen LogP contribution in [-0.2, 0) is 28.2 Å². The van der Waals surface area contributed by atoms with Gasteiger partial charge in [0.15, 0.2) is 5.69 Å². The van der Waals surface area contributed by atoms with Gasteiger partial charge in [0.1, 0.15) is 17.2 Å². The highest BCUT2D eigenvalue weighted by molar-refractivity contribution is 5.97. The fraction of sp³-hybridized carbons (Fsp3) is 0.500. The molecular weight excluding hydrogens is 457 g/mol. The molecule has 188 valence electrons. The van der Waals surface area contributed by atoms with E-state index in [2.05, 4.69) is 10.3 Å². The normalized spacial score (nSPS) is 19.2. The number of amides is 2. The highest BCUT2D eigenvalue weighted by Gasteiger charge is 2.35. The number of likely N-dealkylation sites (N-methyl/N-ethyl adjacent to an activating group) is 1. The molecule has 0 spiro atoms. The summed E-state index contributed by atoms with van der Waals surface area (Å²) in [4.78, 5) is 46.1. The molecule has 2 aliphatic rings. The predicted molar refractivity (Wildman–Crippen MR) is 126 cm³/mol. The number of fused-ring (bicyclic) bond motifs is 1. The van der Waals surface area contributed by atoms with Gasteiger partial charge in [-0.25, -0.2) is 9.37 Å². The van der Waals surface area contributed by atoms with Crippen LogP contribution in [0.1, 0.15) is 48.6 Å². The summed E-state index contributed by atoms with van der Waals surface area (Å²) in [5.74, 6) is -1.88. The second-order valence-corrected chi connectivity index (χ2v) is 9.62. The van der Waals surface area contributed by atoms with Crippen LogP contribution < -0.4 is 15.8 Å². The molecule has 35 heavy (non-hydrogen) atoms. The van der Waals surface area contributed by atoms with Crippen molar-refractivity contribution in [2.75, 3.05) is 32.1 Å². The number of hydrogen-bond donors (Lipinski definition) is 2. The van der Waals surface area contributed by atoms with Gasteiger partial charge in [0, 0.05) is 19.5 Å². The summed E-state index contributed by atoms with van der Waals surface area (Å²) in [6.07, 6.45) is 1.00. The van der Waals surface area contributed by atoms with E-state index in [4.69, 9.17) is 4.74 Å². The summed E-state index contributed by atoms with van der Waals surface area (Å²) < 4.78 is 21.2. The number of benzene rings is 1. The van der Waals surface area contributed by atoms with E-state index in [0.29, 0.717) is 30.6 Å². The van der Waals surface area contributed by atoms with E-state index < -0.39 is 34.3 Å². The predicted octanol–water partition coefficient (Wildman–Crippen LogP) is 1.34. The van der Waals surface area contributed by atoms with Crippen LogP contribution in [0.15, 0.2) is 23.0 Å². The minimum atomic E-state index is -0.915. The Morgan fingerprint density at radius 1 is 1.34 bits per heavy atom. The maximum absolute atomic E-state index is 14.2. The minimum Gasteiger partial charge on any atom is -0.501 e. The molecule has 1 aromatic carbocycles. The molecule has 2 N–H and O–H groups in total. The lowest BCUT2D eigenvalue weighted by molar-refractivity contribution is -0.117. The molecule has 1 saturated heterocycles. The smallest absolute Gasteiger partial charge is 0.296 e. The van der Waals surface area contributed by atoms with Crippen LogP contribution >= 0.6 is 0 Å². The lowest BCUT2D eigenvalue weighted by Crippen LogP contribution is -2.42. The molecule has 2 aliphatic heterocycles. The van der Waals surface area contributed by atoms with Gasteiger partial charge in [0.2, 0.25) is 11.7 Å². The molecule has 1 aromatic heterocycles. The summed E-state index contributed by atoms with van der Waals surface area (Å²) in [5, 5.41) is 13.1. The average molecular weight is 488 g/mol. The number of rotatable bonds is 6. The second-order valence-electron chi connectivity index (χ2n) is 9.62. The average Bonchev–Trinajstić information content (AvgIpc) is 3.14. The Bertz CT molecular complexity index is 1230. The fourth-order valence-electron chi connectivity index (χ4n) is 4.67. The van der Waals surface area contributed by atoms with Crippen molar-refractivity contribution in [1.29, 1.82) is 0 Å². The van der Waals surface area contributed by atoms with E-state index in [1.54, 1.807) is 18.7 Å². The van der Waals surface area contributed by atoms with Gasteiger partial charge < -0.3 is 25.0 Å². The lowest BCUT2D eigenvalue weighted by Gasteiger charge is -2.32. The number of carbonyl (C=O) groups excluding carboxylic acids is 2. The monoisotopic (exact) mass is 487 g/mol. The maximum Gasteiger partial charge on any atom is 0.296 e. The quantitative estimate of drug-likeness (QED) is 0.632. The van der Waals surface area contributed by atoms with Gasteiger partial charge >= 0.3 is 0 Å². The molecule has 3 heterocycles. The van der Waals surface area contributed by atoms with E-state index in [0.717, 1.165) is 0 Å². The number of nitrogens with zero attached hydrogens (tertiary/aromatic N) is 4. The molecule has 0 saturated carbocycles. The molecule has 2 amide bonds. The van der Waals surface area contributed by atoms with Crippen molar-refractivity contribution in [3.8, 4) is 5.75 Å². The zero-order valence-electron chi connectivity index (χ0n) is 20.3. The third kappa shape index (κ3) is 4.78. The van der Waals surface area contributed by atoms with Gasteiger partial charge in [-0.2, -0.15) is 0 Å². The van der Waals surface area contributed by atoms with Crippen molar-refractivity contribution >= 4 is 17.5 Å². The van der Waals surface area contributed by atoms with Crippen molar-refractivity contribution < 1.29 is 23.8 Å². The van der Waals surface area contributed by atoms with Crippen LogP contribution in [0.4, 0.5) is 10.1 Å². The Hall–Kier alpha value is -3.31. The van der Waals surface area contributed by atoms with Crippen molar-refractivity contribution in [2.24, 2.45) is 0 Å². The van der Waals surface area contributed by atoms with Crippen LogP contribution in [0, 0.1) is 5.82 Å². The molecule has 1 atom stereocenters. The first-order chi connectivity index (χ1) is 16.5. The molecule has 0 unspecified atom stereocenters. The zero-order chi connectivity index (χ0) is 25.5. The van der Waals surface area contributed by atoms with Gasteiger partial charge in [0.25, 0.3) is 11.5 Å². The van der Waals surface area contributed by atoms with Crippen molar-refractivity contribution in [1.82, 2.24) is 19.8 Å². The number of aromatic nitrogens is 2. The van der Waals surface area contributed by atoms with E-state index >= 15 is 0 Å². The molecule has 11 heteroatoms. The summed E-state index contributed by atoms with van der Waals surface area (Å²) in [5.41, 5.74) is -1.13. The summed E-state index contributed by atoms with van der Waals surface area (Å²) in [6, 6.07) is 3.93. The largest absolute Gasteiger partial charge is 0.501 e. The SMILES string of the molecule is CN(C)C[C@H]1CCC(=O)N1c1cc(F)ccc1CNC(=O)c1nc2n(c(=O)c1O)CCOC2(C)C. The number of nitrogens with one attached hydrogen (secondary N) is 1. The zero-order valence-corrected chi connectivity index (χ0v) is 20.3. The second kappa shape index (κ2) is 9.38. The molecule has 1 fully saturated rings. The first-order valence-electron chi connectivity index (χ1n) is 11.5.